The molecule has 6 heteroatoms. The van der Waals surface area contributed by atoms with Crippen LogP contribution in [0.15, 0.2) is 42.5 Å². The van der Waals surface area contributed by atoms with Crippen LogP contribution in [0.5, 0.6) is 0 Å². The molecular formula is C12H10ClN3O2. The van der Waals surface area contributed by atoms with Gasteiger partial charge in [-0.15, -0.1) is 0 Å². The molecule has 0 aliphatic rings. The second kappa shape index (κ2) is 5.01. The van der Waals surface area contributed by atoms with Crippen LogP contribution in [0.1, 0.15) is 0 Å². The normalized spacial score (nSPS) is 10.1. The summed E-state index contributed by atoms with van der Waals surface area (Å²) in [6, 6.07) is 11.6. The van der Waals surface area contributed by atoms with E-state index in [1.807, 2.05) is 0 Å². The fourth-order valence-electron chi connectivity index (χ4n) is 1.53. The smallest absolute Gasteiger partial charge is 0.271 e. The molecule has 1 aromatic heterocycles. The number of halogens is 1. The minimum Gasteiger partial charge on any atom is -0.329 e. The zero-order valence-corrected chi connectivity index (χ0v) is 10.3. The topological polar surface area (TPSA) is 59.3 Å². The molecule has 2 aromatic rings. The van der Waals surface area contributed by atoms with Crippen LogP contribution < -0.4 is 4.90 Å². The number of rotatable bonds is 3. The van der Waals surface area contributed by atoms with Gasteiger partial charge in [-0.05, 0) is 18.2 Å². The molecule has 0 radical (unpaired) electrons. The van der Waals surface area contributed by atoms with Gasteiger partial charge in [0.05, 0.1) is 4.92 Å². The van der Waals surface area contributed by atoms with Gasteiger partial charge in [0.15, 0.2) is 0 Å². The van der Waals surface area contributed by atoms with E-state index < -0.39 is 4.92 Å². The molecule has 0 spiro atoms. The molecule has 92 valence electrons. The first kappa shape index (κ1) is 12.3. The molecule has 0 saturated heterocycles. The zero-order valence-electron chi connectivity index (χ0n) is 9.58. The molecular weight excluding hydrogens is 254 g/mol. The van der Waals surface area contributed by atoms with Crippen molar-refractivity contribution in [3.8, 4) is 0 Å². The Hall–Kier alpha value is -2.14. The highest BCUT2D eigenvalue weighted by Gasteiger charge is 2.10. The van der Waals surface area contributed by atoms with E-state index in [1.54, 1.807) is 42.3 Å². The van der Waals surface area contributed by atoms with Crippen LogP contribution in [0.3, 0.4) is 0 Å². The summed E-state index contributed by atoms with van der Waals surface area (Å²) in [6.07, 6.45) is 0. The molecule has 0 saturated carbocycles. The van der Waals surface area contributed by atoms with E-state index in [2.05, 4.69) is 4.98 Å². The molecule has 1 aromatic carbocycles. The van der Waals surface area contributed by atoms with Crippen molar-refractivity contribution in [2.45, 2.75) is 0 Å². The molecule has 0 N–H and O–H groups in total. The molecule has 18 heavy (non-hydrogen) atoms. The van der Waals surface area contributed by atoms with E-state index in [1.165, 1.54) is 12.1 Å². The summed E-state index contributed by atoms with van der Waals surface area (Å²) in [5.41, 5.74) is 0.723. The van der Waals surface area contributed by atoms with Crippen molar-refractivity contribution in [3.63, 3.8) is 0 Å². The Bertz CT molecular complexity index is 589. The zero-order chi connectivity index (χ0) is 13.1. The third-order valence-corrected chi connectivity index (χ3v) is 2.68. The second-order valence-electron chi connectivity index (χ2n) is 3.65. The highest BCUT2D eigenvalue weighted by atomic mass is 35.5. The van der Waals surface area contributed by atoms with Crippen molar-refractivity contribution in [3.05, 3.63) is 57.7 Å². The summed E-state index contributed by atoms with van der Waals surface area (Å²) in [7, 11) is 1.78. The molecule has 0 fully saturated rings. The Balaban J connectivity index is 2.36. The summed E-state index contributed by atoms with van der Waals surface area (Å²) in [4.78, 5) is 16.2. The van der Waals surface area contributed by atoms with Gasteiger partial charge in [0.25, 0.3) is 5.69 Å². The van der Waals surface area contributed by atoms with Gasteiger partial charge in [-0.1, -0.05) is 23.7 Å². The quantitative estimate of drug-likeness (QED) is 0.484. The largest absolute Gasteiger partial charge is 0.329 e. The van der Waals surface area contributed by atoms with Crippen LogP contribution >= 0.6 is 11.6 Å². The van der Waals surface area contributed by atoms with E-state index in [9.17, 15) is 10.1 Å². The van der Waals surface area contributed by atoms with Crippen LogP contribution in [0.25, 0.3) is 0 Å². The standard InChI is InChI=1S/C12H10ClN3O2/c1-15(12-7-3-6-11(13)14-12)9-4-2-5-10(8-9)16(17)18/h2-8H,1H3. The van der Waals surface area contributed by atoms with Crippen molar-refractivity contribution in [2.24, 2.45) is 0 Å². The van der Waals surface area contributed by atoms with Gasteiger partial charge < -0.3 is 4.90 Å². The maximum atomic E-state index is 10.7. The molecule has 0 aliphatic heterocycles. The number of non-ortho nitro benzene ring substituents is 1. The highest BCUT2D eigenvalue weighted by molar-refractivity contribution is 6.29. The average Bonchev–Trinajstić information content (AvgIpc) is 2.38. The Morgan fingerprint density at radius 1 is 1.28 bits per heavy atom. The monoisotopic (exact) mass is 263 g/mol. The third-order valence-electron chi connectivity index (χ3n) is 2.47. The molecule has 0 atom stereocenters. The summed E-state index contributed by atoms with van der Waals surface area (Å²) in [5.74, 6) is 0.628. The predicted octanol–water partition coefficient (Wildman–Crippen LogP) is 3.41. The number of anilines is 2. The number of hydrogen-bond acceptors (Lipinski definition) is 4. The van der Waals surface area contributed by atoms with E-state index in [0.717, 1.165) is 0 Å². The highest BCUT2D eigenvalue weighted by Crippen LogP contribution is 2.26. The van der Waals surface area contributed by atoms with Gasteiger partial charge in [-0.25, -0.2) is 4.98 Å². The van der Waals surface area contributed by atoms with Crippen molar-refractivity contribution < 1.29 is 4.92 Å². The van der Waals surface area contributed by atoms with Crippen LogP contribution in [0.4, 0.5) is 17.2 Å². The lowest BCUT2D eigenvalue weighted by atomic mass is 10.2. The van der Waals surface area contributed by atoms with Gasteiger partial charge in [0.1, 0.15) is 11.0 Å². The Kier molecular flexibility index (Phi) is 3.43. The Labute approximate surface area is 109 Å². The van der Waals surface area contributed by atoms with Gasteiger partial charge in [0.2, 0.25) is 0 Å². The molecule has 0 bridgehead atoms. The first-order chi connectivity index (χ1) is 8.58. The number of aromatic nitrogens is 1. The number of nitro benzene ring substituents is 1. The maximum Gasteiger partial charge on any atom is 0.271 e. The minimum absolute atomic E-state index is 0.0429. The van der Waals surface area contributed by atoms with Crippen LogP contribution in [-0.2, 0) is 0 Å². The average molecular weight is 264 g/mol. The molecule has 0 aliphatic carbocycles. The van der Waals surface area contributed by atoms with Crippen LogP contribution in [0, 0.1) is 10.1 Å². The molecule has 0 unspecified atom stereocenters. The predicted molar refractivity (Wildman–Crippen MR) is 70.4 cm³/mol. The van der Waals surface area contributed by atoms with Crippen molar-refractivity contribution in [1.29, 1.82) is 0 Å². The number of nitro groups is 1. The summed E-state index contributed by atoms with van der Waals surface area (Å²) in [5, 5.41) is 11.1. The number of benzene rings is 1. The van der Waals surface area contributed by atoms with E-state index >= 15 is 0 Å². The van der Waals surface area contributed by atoms with E-state index in [4.69, 9.17) is 11.6 Å². The molecule has 1 heterocycles. The fraction of sp³-hybridized carbons (Fsp3) is 0.0833. The Morgan fingerprint density at radius 2 is 2.00 bits per heavy atom. The molecule has 2 rings (SSSR count). The van der Waals surface area contributed by atoms with Crippen molar-refractivity contribution >= 4 is 28.8 Å². The van der Waals surface area contributed by atoms with E-state index in [0.29, 0.717) is 16.7 Å². The van der Waals surface area contributed by atoms with Crippen LogP contribution in [-0.4, -0.2) is 17.0 Å². The lowest BCUT2D eigenvalue weighted by molar-refractivity contribution is -0.384. The number of hydrogen-bond donors (Lipinski definition) is 0. The van der Waals surface area contributed by atoms with Crippen molar-refractivity contribution in [2.75, 3.05) is 11.9 Å². The lowest BCUT2D eigenvalue weighted by Gasteiger charge is -2.17. The van der Waals surface area contributed by atoms with Gasteiger partial charge in [0, 0.05) is 24.9 Å². The molecule has 5 nitrogen and oxygen atoms in total. The SMILES string of the molecule is CN(c1cccc([N+](=O)[O-])c1)c1cccc(Cl)n1. The molecule has 0 amide bonds. The minimum atomic E-state index is -0.428. The first-order valence-electron chi connectivity index (χ1n) is 5.18. The number of pyridine rings is 1. The maximum absolute atomic E-state index is 10.7. The first-order valence-corrected chi connectivity index (χ1v) is 5.56. The summed E-state index contributed by atoms with van der Waals surface area (Å²) in [6.45, 7) is 0. The fourth-order valence-corrected chi connectivity index (χ4v) is 1.69. The second-order valence-corrected chi connectivity index (χ2v) is 4.04. The van der Waals surface area contributed by atoms with Crippen LogP contribution in [0.2, 0.25) is 5.15 Å². The third kappa shape index (κ3) is 2.57. The van der Waals surface area contributed by atoms with Gasteiger partial charge in [-0.3, -0.25) is 10.1 Å². The van der Waals surface area contributed by atoms with Gasteiger partial charge >= 0.3 is 0 Å². The summed E-state index contributed by atoms with van der Waals surface area (Å²) < 4.78 is 0. The lowest BCUT2D eigenvalue weighted by Crippen LogP contribution is -2.11. The summed E-state index contributed by atoms with van der Waals surface area (Å²) >= 11 is 5.81. The van der Waals surface area contributed by atoms with E-state index in [-0.39, 0.29) is 5.69 Å². The van der Waals surface area contributed by atoms with Crippen molar-refractivity contribution in [1.82, 2.24) is 4.98 Å². The van der Waals surface area contributed by atoms with Gasteiger partial charge in [-0.2, -0.15) is 0 Å². The Morgan fingerprint density at radius 3 is 2.67 bits per heavy atom. The number of nitrogens with zero attached hydrogens (tertiary/aromatic N) is 3.